The molecular formula is C21H21N5O2S. The molecule has 0 bridgehead atoms. The molecule has 7 nitrogen and oxygen atoms in total. The van der Waals surface area contributed by atoms with E-state index < -0.39 is 0 Å². The van der Waals surface area contributed by atoms with E-state index in [0.717, 1.165) is 44.3 Å². The summed E-state index contributed by atoms with van der Waals surface area (Å²) in [7, 11) is 0. The highest BCUT2D eigenvalue weighted by molar-refractivity contribution is 7.15. The second kappa shape index (κ2) is 6.66. The summed E-state index contributed by atoms with van der Waals surface area (Å²) in [5, 5.41) is 13.9. The van der Waals surface area contributed by atoms with Gasteiger partial charge in [-0.15, -0.1) is 11.3 Å². The van der Waals surface area contributed by atoms with E-state index in [1.54, 1.807) is 31.4 Å². The Hall–Kier alpha value is -3.26. The molecule has 8 heteroatoms. The predicted octanol–water partition coefficient (Wildman–Crippen LogP) is 5.16. The number of pyridine rings is 1. The fourth-order valence-electron chi connectivity index (χ4n) is 3.99. The molecule has 0 fully saturated rings. The number of thiazole rings is 1. The molecule has 148 valence electrons. The quantitative estimate of drug-likeness (QED) is 0.374. The number of hydrogen-bond donors (Lipinski definition) is 1. The van der Waals surface area contributed by atoms with E-state index >= 15 is 0 Å². The van der Waals surface area contributed by atoms with Crippen molar-refractivity contribution in [1.82, 2.24) is 14.4 Å². The minimum absolute atomic E-state index is 0.149. The Labute approximate surface area is 172 Å². The number of nitrogens with two attached hydrogens (primary N) is 1. The van der Waals surface area contributed by atoms with E-state index in [4.69, 9.17) is 10.7 Å². The Bertz CT molecular complexity index is 1300. The Kier molecular flexibility index (Phi) is 4.38. The first-order valence-corrected chi connectivity index (χ1v) is 10.0. The summed E-state index contributed by atoms with van der Waals surface area (Å²) in [5.41, 5.74) is 13.7. The average molecular weight is 407 g/mol. The topological polar surface area (TPSA) is 99.3 Å². The van der Waals surface area contributed by atoms with Crippen LogP contribution in [0.2, 0.25) is 0 Å². The van der Waals surface area contributed by atoms with E-state index in [0.29, 0.717) is 16.9 Å². The first kappa shape index (κ1) is 19.1. The van der Waals surface area contributed by atoms with Gasteiger partial charge in [-0.2, -0.15) is 0 Å². The molecule has 4 rings (SSSR count). The van der Waals surface area contributed by atoms with Crippen molar-refractivity contribution in [3.8, 4) is 22.5 Å². The summed E-state index contributed by atoms with van der Waals surface area (Å²) in [6.07, 6.45) is 1.66. The maximum Gasteiger partial charge on any atom is 0.276 e. The molecule has 29 heavy (non-hydrogen) atoms. The number of anilines is 1. The zero-order valence-corrected chi connectivity index (χ0v) is 17.7. The summed E-state index contributed by atoms with van der Waals surface area (Å²) < 4.78 is 2.08. The maximum absolute atomic E-state index is 11.8. The van der Waals surface area contributed by atoms with Crippen LogP contribution in [0.25, 0.3) is 27.5 Å². The van der Waals surface area contributed by atoms with Crippen molar-refractivity contribution >= 4 is 27.8 Å². The zero-order chi connectivity index (χ0) is 21.0. The monoisotopic (exact) mass is 407 g/mol. The summed E-state index contributed by atoms with van der Waals surface area (Å²) >= 11 is 1.54. The predicted molar refractivity (Wildman–Crippen MR) is 116 cm³/mol. The van der Waals surface area contributed by atoms with Gasteiger partial charge in [0, 0.05) is 39.5 Å². The van der Waals surface area contributed by atoms with Crippen LogP contribution in [0.1, 0.15) is 27.9 Å². The van der Waals surface area contributed by atoms with Gasteiger partial charge in [-0.05, 0) is 57.9 Å². The minimum atomic E-state index is -0.297. The number of aryl methyl sites for hydroxylation is 1. The van der Waals surface area contributed by atoms with Crippen molar-refractivity contribution in [1.29, 1.82) is 0 Å². The summed E-state index contributed by atoms with van der Waals surface area (Å²) in [6.45, 7) is 9.55. The first-order valence-electron chi connectivity index (χ1n) is 9.16. The molecule has 2 N–H and O–H groups in total. The van der Waals surface area contributed by atoms with Gasteiger partial charge in [0.15, 0.2) is 4.96 Å². The molecule has 0 aliphatic carbocycles. The van der Waals surface area contributed by atoms with Crippen LogP contribution >= 0.6 is 11.3 Å². The molecule has 0 amide bonds. The molecule has 0 aliphatic heterocycles. The fraction of sp³-hybridized carbons (Fsp3) is 0.238. The Morgan fingerprint density at radius 1 is 1.10 bits per heavy atom. The number of hydrogen-bond acceptors (Lipinski definition) is 6. The lowest BCUT2D eigenvalue weighted by atomic mass is 9.89. The van der Waals surface area contributed by atoms with Crippen molar-refractivity contribution in [2.75, 3.05) is 5.73 Å². The largest absolute Gasteiger partial charge is 0.384 e. The van der Waals surface area contributed by atoms with Gasteiger partial charge >= 0.3 is 0 Å². The second-order valence-corrected chi connectivity index (χ2v) is 8.09. The molecule has 1 aromatic carbocycles. The lowest BCUT2D eigenvalue weighted by Crippen LogP contribution is -2.04. The summed E-state index contributed by atoms with van der Waals surface area (Å²) in [4.78, 5) is 21.4. The molecule has 0 atom stereocenters. The number of nitro benzene ring substituents is 1. The third kappa shape index (κ3) is 2.79. The molecule has 4 aromatic rings. The van der Waals surface area contributed by atoms with E-state index in [1.165, 1.54) is 0 Å². The molecule has 0 unspecified atom stereocenters. The van der Waals surface area contributed by atoms with E-state index in [9.17, 15) is 10.1 Å². The van der Waals surface area contributed by atoms with Crippen LogP contribution in [0.5, 0.6) is 0 Å². The smallest absolute Gasteiger partial charge is 0.276 e. The van der Waals surface area contributed by atoms with Crippen molar-refractivity contribution in [2.45, 2.75) is 34.6 Å². The Balaban J connectivity index is 2.17. The molecule has 3 aromatic heterocycles. The second-order valence-electron chi connectivity index (χ2n) is 7.25. The van der Waals surface area contributed by atoms with Crippen LogP contribution < -0.4 is 5.73 Å². The van der Waals surface area contributed by atoms with Crippen LogP contribution in [0.3, 0.4) is 0 Å². The van der Waals surface area contributed by atoms with Crippen LogP contribution in [-0.2, 0) is 0 Å². The molecular weight excluding hydrogens is 386 g/mol. The standard InChI is InChI=1S/C21H21N5O2S/c1-10-9-29-21-24-18(20(25(10)21)15-6-7-23-16(22)8-15)17-12(3)11(2)13(4)19(14(17)5)26(27)28/h6-9H,1-5H3,(H2,22,23). The van der Waals surface area contributed by atoms with Crippen LogP contribution in [0.15, 0.2) is 23.7 Å². The molecule has 0 radical (unpaired) electrons. The number of nitro groups is 1. The van der Waals surface area contributed by atoms with Gasteiger partial charge in [0.05, 0.1) is 16.3 Å². The van der Waals surface area contributed by atoms with Crippen molar-refractivity contribution in [2.24, 2.45) is 0 Å². The third-order valence-corrected chi connectivity index (χ3v) is 6.54. The number of nitrogens with zero attached hydrogens (tertiary/aromatic N) is 4. The number of nitrogen functional groups attached to an aromatic ring is 1. The zero-order valence-electron chi connectivity index (χ0n) is 16.9. The molecule has 0 aliphatic rings. The van der Waals surface area contributed by atoms with E-state index in [2.05, 4.69) is 9.38 Å². The van der Waals surface area contributed by atoms with Gasteiger partial charge in [0.25, 0.3) is 5.69 Å². The number of rotatable bonds is 3. The molecule has 3 heterocycles. The number of imidazole rings is 1. The Morgan fingerprint density at radius 3 is 2.48 bits per heavy atom. The maximum atomic E-state index is 11.8. The fourth-order valence-corrected chi connectivity index (χ4v) is 4.86. The number of fused-ring (bicyclic) bond motifs is 1. The van der Waals surface area contributed by atoms with Crippen LogP contribution in [-0.4, -0.2) is 19.3 Å². The Morgan fingerprint density at radius 2 is 1.83 bits per heavy atom. The van der Waals surface area contributed by atoms with Crippen molar-refractivity contribution in [3.63, 3.8) is 0 Å². The van der Waals surface area contributed by atoms with E-state index in [-0.39, 0.29) is 10.6 Å². The highest BCUT2D eigenvalue weighted by Gasteiger charge is 2.28. The summed E-state index contributed by atoms with van der Waals surface area (Å²) in [6, 6.07) is 3.70. The minimum Gasteiger partial charge on any atom is -0.384 e. The van der Waals surface area contributed by atoms with Gasteiger partial charge in [-0.1, -0.05) is 0 Å². The average Bonchev–Trinajstić information content (AvgIpc) is 3.20. The summed E-state index contributed by atoms with van der Waals surface area (Å²) in [5.74, 6) is 0.413. The van der Waals surface area contributed by atoms with Crippen LogP contribution in [0, 0.1) is 44.7 Å². The highest BCUT2D eigenvalue weighted by Crippen LogP contribution is 2.43. The van der Waals surface area contributed by atoms with Gasteiger partial charge in [-0.3, -0.25) is 14.5 Å². The molecule has 0 spiro atoms. The lowest BCUT2D eigenvalue weighted by molar-refractivity contribution is -0.386. The van der Waals surface area contributed by atoms with Crippen molar-refractivity contribution < 1.29 is 4.92 Å². The molecule has 0 saturated carbocycles. The SMILES string of the molecule is Cc1c(C)c(-c2nc3scc(C)n3c2-c2ccnc(N)c2)c(C)c([N+](=O)[O-])c1C. The first-order chi connectivity index (χ1) is 13.7. The van der Waals surface area contributed by atoms with Gasteiger partial charge < -0.3 is 5.73 Å². The third-order valence-electron chi connectivity index (χ3n) is 5.59. The normalized spacial score (nSPS) is 11.3. The number of aromatic nitrogens is 3. The van der Waals surface area contributed by atoms with E-state index in [1.807, 2.05) is 38.3 Å². The van der Waals surface area contributed by atoms with Gasteiger partial charge in [0.2, 0.25) is 0 Å². The highest BCUT2D eigenvalue weighted by atomic mass is 32.1. The van der Waals surface area contributed by atoms with Gasteiger partial charge in [-0.25, -0.2) is 9.97 Å². The van der Waals surface area contributed by atoms with Crippen molar-refractivity contribution in [3.05, 3.63) is 61.8 Å². The van der Waals surface area contributed by atoms with Gasteiger partial charge in [0.1, 0.15) is 5.82 Å². The molecule has 0 saturated heterocycles. The number of benzene rings is 1. The lowest BCUT2D eigenvalue weighted by Gasteiger charge is -2.16. The van der Waals surface area contributed by atoms with Crippen LogP contribution in [0.4, 0.5) is 11.5 Å².